The lowest BCUT2D eigenvalue weighted by Gasteiger charge is -2.31. The number of rotatable bonds is 2. The minimum atomic E-state index is 0.366. The molecule has 2 heteroatoms. The molecule has 1 heterocycles. The van der Waals surface area contributed by atoms with Crippen LogP contribution in [0.3, 0.4) is 0 Å². The summed E-state index contributed by atoms with van der Waals surface area (Å²) < 4.78 is 0. The van der Waals surface area contributed by atoms with Gasteiger partial charge < -0.3 is 10.6 Å². The van der Waals surface area contributed by atoms with E-state index in [9.17, 15) is 0 Å². The zero-order chi connectivity index (χ0) is 9.03. The third-order valence-electron chi connectivity index (χ3n) is 3.22. The Kier molecular flexibility index (Phi) is 3.53. The van der Waals surface area contributed by atoms with E-state index < -0.39 is 0 Å². The van der Waals surface area contributed by atoms with E-state index >= 15 is 0 Å². The van der Waals surface area contributed by atoms with Gasteiger partial charge in [-0.1, -0.05) is 13.8 Å². The maximum atomic E-state index is 3.66. The molecular formula is C10H22N2. The summed E-state index contributed by atoms with van der Waals surface area (Å²) in [7, 11) is 0. The average Bonchev–Trinajstić information content (AvgIpc) is 2.28. The van der Waals surface area contributed by atoms with Crippen LogP contribution in [0.4, 0.5) is 0 Å². The van der Waals surface area contributed by atoms with Crippen molar-refractivity contribution in [1.82, 2.24) is 10.6 Å². The molecule has 1 aliphatic heterocycles. The Hall–Kier alpha value is -0.0800. The van der Waals surface area contributed by atoms with Crippen molar-refractivity contribution in [2.75, 3.05) is 13.1 Å². The zero-order valence-corrected chi connectivity index (χ0v) is 8.61. The molecule has 1 fully saturated rings. The molecular weight excluding hydrogens is 148 g/mol. The van der Waals surface area contributed by atoms with Crippen LogP contribution in [-0.2, 0) is 0 Å². The van der Waals surface area contributed by atoms with E-state index in [0.717, 1.165) is 13.1 Å². The summed E-state index contributed by atoms with van der Waals surface area (Å²) in [6.07, 6.45) is 3.70. The summed E-state index contributed by atoms with van der Waals surface area (Å²) in [5, 5.41) is 7.24. The molecule has 1 unspecified atom stereocenters. The SMILES string of the molecule is CCC1(CC)CNC(C)CCN1. The molecule has 72 valence electrons. The van der Waals surface area contributed by atoms with Gasteiger partial charge in [0.2, 0.25) is 0 Å². The third-order valence-corrected chi connectivity index (χ3v) is 3.22. The Morgan fingerprint density at radius 1 is 1.33 bits per heavy atom. The molecule has 1 aliphatic rings. The summed E-state index contributed by atoms with van der Waals surface area (Å²) in [6.45, 7) is 9.10. The Balaban J connectivity index is 2.52. The fourth-order valence-corrected chi connectivity index (χ4v) is 1.84. The van der Waals surface area contributed by atoms with E-state index in [-0.39, 0.29) is 0 Å². The van der Waals surface area contributed by atoms with Crippen molar-refractivity contribution < 1.29 is 0 Å². The normalized spacial score (nSPS) is 29.8. The third kappa shape index (κ3) is 2.20. The number of hydrogen-bond acceptors (Lipinski definition) is 2. The Labute approximate surface area is 76.1 Å². The first-order valence-electron chi connectivity index (χ1n) is 5.21. The van der Waals surface area contributed by atoms with Gasteiger partial charge in [-0.15, -0.1) is 0 Å². The lowest BCUT2D eigenvalue weighted by Crippen LogP contribution is -2.50. The van der Waals surface area contributed by atoms with Crippen molar-refractivity contribution in [3.63, 3.8) is 0 Å². The molecule has 0 aromatic carbocycles. The van der Waals surface area contributed by atoms with Gasteiger partial charge in [-0.2, -0.15) is 0 Å². The van der Waals surface area contributed by atoms with Gasteiger partial charge in [-0.3, -0.25) is 0 Å². The minimum absolute atomic E-state index is 0.366. The Bertz CT molecular complexity index is 130. The molecule has 0 saturated carbocycles. The van der Waals surface area contributed by atoms with E-state index in [0.29, 0.717) is 11.6 Å². The fraction of sp³-hybridized carbons (Fsp3) is 1.00. The molecule has 0 aliphatic carbocycles. The van der Waals surface area contributed by atoms with E-state index in [1.165, 1.54) is 19.3 Å². The quantitative estimate of drug-likeness (QED) is 0.656. The second-order valence-corrected chi connectivity index (χ2v) is 3.98. The topological polar surface area (TPSA) is 24.1 Å². The molecule has 0 amide bonds. The highest BCUT2D eigenvalue weighted by Gasteiger charge is 2.27. The van der Waals surface area contributed by atoms with Crippen LogP contribution >= 0.6 is 0 Å². The predicted octanol–water partition coefficient (Wildman–Crippen LogP) is 1.52. The monoisotopic (exact) mass is 170 g/mol. The fourth-order valence-electron chi connectivity index (χ4n) is 1.84. The molecule has 0 bridgehead atoms. The average molecular weight is 170 g/mol. The summed E-state index contributed by atoms with van der Waals surface area (Å²) in [4.78, 5) is 0. The zero-order valence-electron chi connectivity index (χ0n) is 8.61. The summed E-state index contributed by atoms with van der Waals surface area (Å²) in [5.74, 6) is 0. The second kappa shape index (κ2) is 4.24. The maximum absolute atomic E-state index is 3.66. The molecule has 1 saturated heterocycles. The molecule has 1 atom stereocenters. The Morgan fingerprint density at radius 3 is 2.58 bits per heavy atom. The van der Waals surface area contributed by atoms with Gasteiger partial charge in [0.1, 0.15) is 0 Å². The highest BCUT2D eigenvalue weighted by Crippen LogP contribution is 2.16. The maximum Gasteiger partial charge on any atom is 0.0301 e. The number of nitrogens with one attached hydrogen (secondary N) is 2. The first-order chi connectivity index (χ1) is 5.72. The Morgan fingerprint density at radius 2 is 2.00 bits per heavy atom. The lowest BCUT2D eigenvalue weighted by atomic mass is 9.93. The molecule has 0 radical (unpaired) electrons. The molecule has 0 aromatic rings. The largest absolute Gasteiger partial charge is 0.312 e. The van der Waals surface area contributed by atoms with Crippen molar-refractivity contribution >= 4 is 0 Å². The van der Waals surface area contributed by atoms with Crippen LogP contribution in [0.5, 0.6) is 0 Å². The summed E-state index contributed by atoms with van der Waals surface area (Å²) in [5.41, 5.74) is 0.366. The van der Waals surface area contributed by atoms with Gasteiger partial charge in [-0.25, -0.2) is 0 Å². The van der Waals surface area contributed by atoms with Gasteiger partial charge in [0.05, 0.1) is 0 Å². The van der Waals surface area contributed by atoms with Gasteiger partial charge >= 0.3 is 0 Å². The molecule has 1 rings (SSSR count). The molecule has 12 heavy (non-hydrogen) atoms. The first kappa shape index (κ1) is 10.0. The van der Waals surface area contributed by atoms with Crippen LogP contribution in [-0.4, -0.2) is 24.7 Å². The minimum Gasteiger partial charge on any atom is -0.312 e. The highest BCUT2D eigenvalue weighted by molar-refractivity contribution is 4.91. The van der Waals surface area contributed by atoms with Gasteiger partial charge in [0.25, 0.3) is 0 Å². The smallest absolute Gasteiger partial charge is 0.0301 e. The van der Waals surface area contributed by atoms with Crippen LogP contribution in [0.2, 0.25) is 0 Å². The molecule has 2 nitrogen and oxygen atoms in total. The lowest BCUT2D eigenvalue weighted by molar-refractivity contribution is 0.308. The molecule has 2 N–H and O–H groups in total. The number of hydrogen-bond donors (Lipinski definition) is 2. The predicted molar refractivity (Wildman–Crippen MR) is 53.4 cm³/mol. The van der Waals surface area contributed by atoms with Crippen molar-refractivity contribution in [2.45, 2.75) is 51.6 Å². The van der Waals surface area contributed by atoms with Gasteiger partial charge in [0, 0.05) is 18.1 Å². The van der Waals surface area contributed by atoms with Crippen LogP contribution in [0.1, 0.15) is 40.0 Å². The standard InChI is InChI=1S/C10H22N2/c1-4-10(5-2)8-11-9(3)6-7-12-10/h9,11-12H,4-8H2,1-3H3. The first-order valence-corrected chi connectivity index (χ1v) is 5.21. The summed E-state index contributed by atoms with van der Waals surface area (Å²) >= 11 is 0. The molecule has 0 spiro atoms. The molecule has 0 aromatic heterocycles. The second-order valence-electron chi connectivity index (χ2n) is 3.98. The van der Waals surface area contributed by atoms with Crippen LogP contribution in [0, 0.1) is 0 Å². The van der Waals surface area contributed by atoms with E-state index in [4.69, 9.17) is 0 Å². The van der Waals surface area contributed by atoms with Crippen LogP contribution in [0.25, 0.3) is 0 Å². The van der Waals surface area contributed by atoms with Crippen LogP contribution in [0.15, 0.2) is 0 Å². The van der Waals surface area contributed by atoms with Crippen molar-refractivity contribution in [3.8, 4) is 0 Å². The van der Waals surface area contributed by atoms with E-state index in [1.54, 1.807) is 0 Å². The van der Waals surface area contributed by atoms with E-state index in [2.05, 4.69) is 31.4 Å². The van der Waals surface area contributed by atoms with Gasteiger partial charge in [-0.05, 0) is 32.7 Å². The van der Waals surface area contributed by atoms with Crippen molar-refractivity contribution in [2.24, 2.45) is 0 Å². The van der Waals surface area contributed by atoms with Crippen LogP contribution < -0.4 is 10.6 Å². The summed E-state index contributed by atoms with van der Waals surface area (Å²) in [6, 6.07) is 0.678. The van der Waals surface area contributed by atoms with Crippen molar-refractivity contribution in [3.05, 3.63) is 0 Å². The van der Waals surface area contributed by atoms with Crippen molar-refractivity contribution in [1.29, 1.82) is 0 Å². The van der Waals surface area contributed by atoms with Gasteiger partial charge in [0.15, 0.2) is 0 Å². The highest BCUT2D eigenvalue weighted by atomic mass is 15.1. The van der Waals surface area contributed by atoms with E-state index in [1.807, 2.05) is 0 Å².